The van der Waals surface area contributed by atoms with Gasteiger partial charge in [-0.25, -0.2) is 0 Å². The predicted octanol–water partition coefficient (Wildman–Crippen LogP) is 1.51. The summed E-state index contributed by atoms with van der Waals surface area (Å²) >= 11 is 3.38. The van der Waals surface area contributed by atoms with Gasteiger partial charge in [0.15, 0.2) is 0 Å². The molecule has 1 aliphatic rings. The van der Waals surface area contributed by atoms with Crippen molar-refractivity contribution in [1.82, 2.24) is 5.32 Å². The summed E-state index contributed by atoms with van der Waals surface area (Å²) in [6, 6.07) is 7.99. The lowest BCUT2D eigenvalue weighted by Gasteiger charge is -2.26. The van der Waals surface area contributed by atoms with E-state index in [1.807, 2.05) is 24.3 Å². The zero-order valence-electron chi connectivity index (χ0n) is 8.20. The van der Waals surface area contributed by atoms with Crippen LogP contribution in [0.15, 0.2) is 28.7 Å². The minimum atomic E-state index is 0.0569. The normalized spacial score (nSPS) is 15.8. The van der Waals surface area contributed by atoms with Crippen molar-refractivity contribution in [2.24, 2.45) is 0 Å². The second kappa shape index (κ2) is 4.77. The first-order valence-electron chi connectivity index (χ1n) is 4.85. The molecule has 1 aliphatic heterocycles. The van der Waals surface area contributed by atoms with Gasteiger partial charge in [-0.05, 0) is 17.7 Å². The van der Waals surface area contributed by atoms with E-state index in [2.05, 4.69) is 21.2 Å². The van der Waals surface area contributed by atoms with E-state index in [0.717, 1.165) is 10.0 Å². The third-order valence-electron chi connectivity index (χ3n) is 2.26. The van der Waals surface area contributed by atoms with E-state index in [1.165, 1.54) is 0 Å². The summed E-state index contributed by atoms with van der Waals surface area (Å²) in [6.07, 6.45) is 0.427. The van der Waals surface area contributed by atoms with Crippen molar-refractivity contribution in [1.29, 1.82) is 0 Å². The molecule has 0 atom stereocenters. The van der Waals surface area contributed by atoms with Gasteiger partial charge in [0.05, 0.1) is 25.7 Å². The molecule has 80 valence electrons. The maximum absolute atomic E-state index is 11.5. The van der Waals surface area contributed by atoms with Gasteiger partial charge in [0.25, 0.3) is 0 Å². The van der Waals surface area contributed by atoms with E-state index in [9.17, 15) is 4.79 Å². The third-order valence-corrected chi connectivity index (χ3v) is 2.75. The largest absolute Gasteiger partial charge is 0.377 e. The molecule has 4 heteroatoms. The van der Waals surface area contributed by atoms with Crippen LogP contribution in [-0.4, -0.2) is 25.2 Å². The van der Waals surface area contributed by atoms with E-state index >= 15 is 0 Å². The lowest BCUT2D eigenvalue weighted by atomic mass is 10.1. The number of hydrogen-bond acceptors (Lipinski definition) is 2. The number of halogens is 1. The molecule has 1 aromatic carbocycles. The van der Waals surface area contributed by atoms with Crippen molar-refractivity contribution < 1.29 is 9.53 Å². The SMILES string of the molecule is O=C(Cc1cccc(Br)c1)NC1COC1. The van der Waals surface area contributed by atoms with E-state index in [-0.39, 0.29) is 11.9 Å². The molecule has 1 N–H and O–H groups in total. The van der Waals surface area contributed by atoms with Crippen LogP contribution < -0.4 is 5.32 Å². The topological polar surface area (TPSA) is 38.3 Å². The number of benzene rings is 1. The Morgan fingerprint density at radius 1 is 1.53 bits per heavy atom. The fourth-order valence-corrected chi connectivity index (χ4v) is 1.88. The number of carbonyl (C=O) groups excluding carboxylic acids is 1. The van der Waals surface area contributed by atoms with Crippen molar-refractivity contribution in [2.45, 2.75) is 12.5 Å². The van der Waals surface area contributed by atoms with Crippen LogP contribution >= 0.6 is 15.9 Å². The maximum Gasteiger partial charge on any atom is 0.224 e. The molecule has 1 heterocycles. The average molecular weight is 270 g/mol. The molecule has 3 nitrogen and oxygen atoms in total. The van der Waals surface area contributed by atoms with E-state index < -0.39 is 0 Å². The van der Waals surface area contributed by atoms with E-state index in [4.69, 9.17) is 4.74 Å². The number of hydrogen-bond donors (Lipinski definition) is 1. The highest BCUT2D eigenvalue weighted by Gasteiger charge is 2.20. The van der Waals surface area contributed by atoms with Gasteiger partial charge < -0.3 is 10.1 Å². The molecule has 1 fully saturated rings. The molecule has 2 rings (SSSR count). The van der Waals surface area contributed by atoms with E-state index in [0.29, 0.717) is 19.6 Å². The smallest absolute Gasteiger partial charge is 0.224 e. The van der Waals surface area contributed by atoms with Crippen LogP contribution in [0.25, 0.3) is 0 Å². The second-order valence-corrected chi connectivity index (χ2v) is 4.52. The van der Waals surface area contributed by atoms with Crippen LogP contribution in [0.1, 0.15) is 5.56 Å². The number of carbonyl (C=O) groups is 1. The molecule has 0 bridgehead atoms. The lowest BCUT2D eigenvalue weighted by Crippen LogP contribution is -2.49. The molecular weight excluding hydrogens is 258 g/mol. The lowest BCUT2D eigenvalue weighted by molar-refractivity contribution is -0.124. The minimum Gasteiger partial charge on any atom is -0.377 e. The molecule has 15 heavy (non-hydrogen) atoms. The summed E-state index contributed by atoms with van der Waals surface area (Å²) in [6.45, 7) is 1.29. The number of ether oxygens (including phenoxy) is 1. The predicted molar refractivity (Wildman–Crippen MR) is 60.6 cm³/mol. The van der Waals surface area contributed by atoms with Gasteiger partial charge in [-0.1, -0.05) is 28.1 Å². The highest BCUT2D eigenvalue weighted by atomic mass is 79.9. The highest BCUT2D eigenvalue weighted by molar-refractivity contribution is 9.10. The van der Waals surface area contributed by atoms with Crippen molar-refractivity contribution in [3.05, 3.63) is 34.3 Å². The van der Waals surface area contributed by atoms with Gasteiger partial charge in [-0.3, -0.25) is 4.79 Å². The first-order chi connectivity index (χ1) is 7.24. The first kappa shape index (κ1) is 10.6. The van der Waals surface area contributed by atoms with Crippen LogP contribution in [0, 0.1) is 0 Å². The Bertz CT molecular complexity index is 363. The molecule has 0 aliphatic carbocycles. The van der Waals surface area contributed by atoms with Crippen molar-refractivity contribution in [3.63, 3.8) is 0 Å². The Hall–Kier alpha value is -0.870. The molecule has 0 spiro atoms. The van der Waals surface area contributed by atoms with Gasteiger partial charge in [-0.15, -0.1) is 0 Å². The summed E-state index contributed by atoms with van der Waals surface area (Å²) in [5.41, 5.74) is 1.02. The molecule has 1 amide bonds. The summed E-state index contributed by atoms with van der Waals surface area (Å²) in [5, 5.41) is 2.91. The van der Waals surface area contributed by atoms with Gasteiger partial charge in [0, 0.05) is 4.47 Å². The number of rotatable bonds is 3. The van der Waals surface area contributed by atoms with Crippen LogP contribution in [0.3, 0.4) is 0 Å². The summed E-state index contributed by atoms with van der Waals surface area (Å²) in [4.78, 5) is 11.5. The second-order valence-electron chi connectivity index (χ2n) is 3.61. The van der Waals surface area contributed by atoms with Crippen molar-refractivity contribution in [2.75, 3.05) is 13.2 Å². The fourth-order valence-electron chi connectivity index (χ4n) is 1.43. The van der Waals surface area contributed by atoms with Gasteiger partial charge in [0.1, 0.15) is 0 Å². The third kappa shape index (κ3) is 3.04. The van der Waals surface area contributed by atoms with Gasteiger partial charge in [-0.2, -0.15) is 0 Å². The summed E-state index contributed by atoms with van der Waals surface area (Å²) < 4.78 is 5.98. The molecule has 0 aromatic heterocycles. The summed E-state index contributed by atoms with van der Waals surface area (Å²) in [5.74, 6) is 0.0569. The van der Waals surface area contributed by atoms with Crippen LogP contribution in [0.4, 0.5) is 0 Å². The van der Waals surface area contributed by atoms with Crippen molar-refractivity contribution in [3.8, 4) is 0 Å². The van der Waals surface area contributed by atoms with Crippen LogP contribution in [0.5, 0.6) is 0 Å². The van der Waals surface area contributed by atoms with Gasteiger partial charge in [0.2, 0.25) is 5.91 Å². The zero-order valence-corrected chi connectivity index (χ0v) is 9.79. The van der Waals surface area contributed by atoms with E-state index in [1.54, 1.807) is 0 Å². The molecule has 1 saturated heterocycles. The van der Waals surface area contributed by atoms with Crippen LogP contribution in [-0.2, 0) is 16.0 Å². The Labute approximate surface area is 96.9 Å². The molecular formula is C11H12BrNO2. The molecule has 0 saturated carbocycles. The Kier molecular flexibility index (Phi) is 3.38. The zero-order chi connectivity index (χ0) is 10.7. The Morgan fingerprint density at radius 3 is 2.93 bits per heavy atom. The monoisotopic (exact) mass is 269 g/mol. The maximum atomic E-state index is 11.5. The Morgan fingerprint density at radius 2 is 2.33 bits per heavy atom. The quantitative estimate of drug-likeness (QED) is 0.904. The van der Waals surface area contributed by atoms with Crippen LogP contribution in [0.2, 0.25) is 0 Å². The Balaban J connectivity index is 1.87. The standard InChI is InChI=1S/C11H12BrNO2/c12-9-3-1-2-8(4-9)5-11(14)13-10-6-15-7-10/h1-4,10H,5-7H2,(H,13,14). The first-order valence-corrected chi connectivity index (χ1v) is 5.65. The minimum absolute atomic E-state index is 0.0569. The number of amides is 1. The summed E-state index contributed by atoms with van der Waals surface area (Å²) in [7, 11) is 0. The fraction of sp³-hybridized carbons (Fsp3) is 0.364. The molecule has 0 radical (unpaired) electrons. The highest BCUT2D eigenvalue weighted by Crippen LogP contribution is 2.12. The number of nitrogens with one attached hydrogen (secondary N) is 1. The average Bonchev–Trinajstić information content (AvgIpc) is 2.11. The molecule has 0 unspecified atom stereocenters. The van der Waals surface area contributed by atoms with Gasteiger partial charge >= 0.3 is 0 Å². The molecule has 1 aromatic rings. The van der Waals surface area contributed by atoms with Crippen molar-refractivity contribution >= 4 is 21.8 Å².